The van der Waals surface area contributed by atoms with Gasteiger partial charge in [-0.05, 0) is 20.0 Å². The molecule has 0 heterocycles. The normalized spacial score (nSPS) is 9.88. The topological polar surface area (TPSA) is 55.7 Å². The van der Waals surface area contributed by atoms with Gasteiger partial charge in [0.15, 0.2) is 0 Å². The van der Waals surface area contributed by atoms with Crippen LogP contribution in [0.4, 0.5) is 0 Å². The highest BCUT2D eigenvalue weighted by atomic mass is 16.5. The highest BCUT2D eigenvalue weighted by Crippen LogP contribution is 1.83. The summed E-state index contributed by atoms with van der Waals surface area (Å²) in [4.78, 5) is 9.42. The van der Waals surface area contributed by atoms with Crippen LogP contribution >= 0.6 is 0 Å². The predicted octanol–water partition coefficient (Wildman–Crippen LogP) is 0.572. The van der Waals surface area contributed by atoms with Gasteiger partial charge in [-0.2, -0.15) is 4.91 Å². The molecule has 0 fully saturated rings. The smallest absolute Gasteiger partial charge is 0.0823 e. The average Bonchev–Trinajstić information content (AvgIpc) is 1.66. The molecule has 0 aliphatic heterocycles. The summed E-state index contributed by atoms with van der Waals surface area (Å²) in [5.41, 5.74) is 0. The van der Waals surface area contributed by atoms with Crippen molar-refractivity contribution in [2.45, 2.75) is 6.42 Å². The molecular weight excluding hydrogens is 108 g/mol. The van der Waals surface area contributed by atoms with Gasteiger partial charge in [-0.3, -0.25) is 0 Å². The number of nitrogens with zero attached hydrogens (tertiary/aromatic N) is 2. The molecule has 0 aliphatic carbocycles. The van der Waals surface area contributed by atoms with E-state index >= 15 is 0 Å². The van der Waals surface area contributed by atoms with E-state index in [0.717, 1.165) is 5.06 Å². The third-order valence-corrected chi connectivity index (χ3v) is 0.722. The Labute approximate surface area is 48.0 Å². The van der Waals surface area contributed by atoms with Crippen LogP contribution in [0, 0.1) is 10.1 Å². The van der Waals surface area contributed by atoms with E-state index in [1.54, 1.807) is 0 Å². The fourth-order valence-corrected chi connectivity index (χ4v) is 0.358. The van der Waals surface area contributed by atoms with Gasteiger partial charge in [-0.1, -0.05) is 5.18 Å². The molecule has 4 heteroatoms. The highest BCUT2D eigenvalue weighted by Gasteiger charge is 1.82. The second-order valence-corrected chi connectivity index (χ2v) is 1.56. The molecule has 0 aliphatic rings. The Hall–Kier alpha value is -0.480. The molecule has 0 saturated heterocycles. The van der Waals surface area contributed by atoms with Crippen molar-refractivity contribution >= 4 is 0 Å². The van der Waals surface area contributed by atoms with E-state index < -0.39 is 0 Å². The largest absolute Gasteiger partial charge is 0.785 e. The summed E-state index contributed by atoms with van der Waals surface area (Å²) in [5, 5.41) is 13.5. The Morgan fingerprint density at radius 1 is 1.75 bits per heavy atom. The number of hydroxylamine groups is 2. The maximum atomic E-state index is 10.1. The lowest BCUT2D eigenvalue weighted by atomic mass is 10.4. The SMILES string of the molecule is CN([O-])CCCN=O. The van der Waals surface area contributed by atoms with Crippen molar-refractivity contribution in [2.75, 3.05) is 20.1 Å². The Kier molecular flexibility index (Phi) is 4.39. The molecule has 0 saturated carbocycles. The summed E-state index contributed by atoms with van der Waals surface area (Å²) in [5.74, 6) is 0. The van der Waals surface area contributed by atoms with E-state index in [4.69, 9.17) is 0 Å². The first kappa shape index (κ1) is 7.52. The molecule has 48 valence electrons. The second kappa shape index (κ2) is 4.67. The summed E-state index contributed by atoms with van der Waals surface area (Å²) in [6.45, 7) is 0.637. The van der Waals surface area contributed by atoms with Gasteiger partial charge in [0.05, 0.1) is 6.54 Å². The number of hydrogen-bond acceptors (Lipinski definition) is 4. The quantitative estimate of drug-likeness (QED) is 0.307. The zero-order valence-electron chi connectivity index (χ0n) is 4.83. The third kappa shape index (κ3) is 5.52. The van der Waals surface area contributed by atoms with Gasteiger partial charge >= 0.3 is 0 Å². The Morgan fingerprint density at radius 2 is 2.38 bits per heavy atom. The molecule has 0 bridgehead atoms. The van der Waals surface area contributed by atoms with Crippen LogP contribution in [0.3, 0.4) is 0 Å². The van der Waals surface area contributed by atoms with Crippen molar-refractivity contribution < 1.29 is 0 Å². The molecule has 0 spiro atoms. The minimum Gasteiger partial charge on any atom is -0.785 e. The van der Waals surface area contributed by atoms with E-state index in [1.807, 2.05) is 0 Å². The Balaban J connectivity index is 2.81. The van der Waals surface area contributed by atoms with Crippen LogP contribution < -0.4 is 0 Å². The van der Waals surface area contributed by atoms with Gasteiger partial charge in [0, 0.05) is 0 Å². The Bertz CT molecular complexity index is 65.1. The van der Waals surface area contributed by atoms with E-state index in [0.29, 0.717) is 13.0 Å². The van der Waals surface area contributed by atoms with E-state index in [1.165, 1.54) is 7.05 Å². The van der Waals surface area contributed by atoms with Crippen molar-refractivity contribution in [1.82, 2.24) is 5.06 Å². The van der Waals surface area contributed by atoms with Crippen LogP contribution in [0.2, 0.25) is 0 Å². The second-order valence-electron chi connectivity index (χ2n) is 1.56. The molecule has 0 unspecified atom stereocenters. The van der Waals surface area contributed by atoms with Crippen LogP contribution in [-0.4, -0.2) is 25.2 Å². The van der Waals surface area contributed by atoms with Crippen LogP contribution in [0.5, 0.6) is 0 Å². The van der Waals surface area contributed by atoms with Gasteiger partial charge in [-0.15, -0.1) is 0 Å². The van der Waals surface area contributed by atoms with Crippen molar-refractivity contribution in [3.05, 3.63) is 10.1 Å². The lowest BCUT2D eigenvalue weighted by molar-refractivity contribution is 0.450. The Morgan fingerprint density at radius 3 is 2.75 bits per heavy atom. The molecular formula is C4H9N2O2-. The van der Waals surface area contributed by atoms with Gasteiger partial charge in [-0.25, -0.2) is 0 Å². The maximum absolute atomic E-state index is 10.1. The van der Waals surface area contributed by atoms with Gasteiger partial charge < -0.3 is 10.3 Å². The monoisotopic (exact) mass is 117 g/mol. The van der Waals surface area contributed by atoms with Crippen LogP contribution in [0.25, 0.3) is 0 Å². The summed E-state index contributed by atoms with van der Waals surface area (Å²) in [6, 6.07) is 0. The summed E-state index contributed by atoms with van der Waals surface area (Å²) in [7, 11) is 1.42. The molecule has 4 nitrogen and oxygen atoms in total. The molecule has 0 aromatic rings. The summed E-state index contributed by atoms with van der Waals surface area (Å²) in [6.07, 6.45) is 0.559. The predicted molar refractivity (Wildman–Crippen MR) is 31.3 cm³/mol. The first-order valence-corrected chi connectivity index (χ1v) is 2.44. The standard InChI is InChI=1S/C4H9N2O2/c1-6(8)4-2-3-5-7/h2-4H2,1H3/q-1. The lowest BCUT2D eigenvalue weighted by Gasteiger charge is -2.20. The van der Waals surface area contributed by atoms with Crippen molar-refractivity contribution in [2.24, 2.45) is 5.18 Å². The van der Waals surface area contributed by atoms with Crippen molar-refractivity contribution in [1.29, 1.82) is 0 Å². The third-order valence-electron chi connectivity index (χ3n) is 0.722. The van der Waals surface area contributed by atoms with Crippen LogP contribution in [0.15, 0.2) is 5.18 Å². The summed E-state index contributed by atoms with van der Waals surface area (Å²) < 4.78 is 0. The highest BCUT2D eigenvalue weighted by molar-refractivity contribution is 4.50. The minimum atomic E-state index is 0.243. The van der Waals surface area contributed by atoms with E-state index in [9.17, 15) is 10.1 Å². The first-order valence-electron chi connectivity index (χ1n) is 2.44. The number of hydrogen-bond donors (Lipinski definition) is 0. The fraction of sp³-hybridized carbons (Fsp3) is 1.00. The van der Waals surface area contributed by atoms with E-state index in [2.05, 4.69) is 5.18 Å². The molecule has 0 amide bonds. The van der Waals surface area contributed by atoms with E-state index in [-0.39, 0.29) is 6.54 Å². The molecule has 0 aromatic heterocycles. The van der Waals surface area contributed by atoms with Crippen molar-refractivity contribution in [3.63, 3.8) is 0 Å². The zero-order chi connectivity index (χ0) is 6.41. The maximum Gasteiger partial charge on any atom is 0.0823 e. The molecule has 8 heavy (non-hydrogen) atoms. The van der Waals surface area contributed by atoms with Gasteiger partial charge in [0.2, 0.25) is 0 Å². The van der Waals surface area contributed by atoms with Crippen molar-refractivity contribution in [3.8, 4) is 0 Å². The molecule has 0 radical (unpaired) electrons. The molecule has 0 rings (SSSR count). The fourth-order valence-electron chi connectivity index (χ4n) is 0.358. The summed E-state index contributed by atoms with van der Waals surface area (Å²) >= 11 is 0. The van der Waals surface area contributed by atoms with Gasteiger partial charge in [0.1, 0.15) is 0 Å². The minimum absolute atomic E-state index is 0.243. The molecule has 0 aromatic carbocycles. The molecule has 0 atom stereocenters. The lowest BCUT2D eigenvalue weighted by Crippen LogP contribution is -2.11. The average molecular weight is 117 g/mol. The van der Waals surface area contributed by atoms with Crippen LogP contribution in [0.1, 0.15) is 6.42 Å². The van der Waals surface area contributed by atoms with Crippen LogP contribution in [-0.2, 0) is 0 Å². The molecule has 0 N–H and O–H groups in total. The van der Waals surface area contributed by atoms with Gasteiger partial charge in [0.25, 0.3) is 0 Å². The number of rotatable bonds is 4. The zero-order valence-corrected chi connectivity index (χ0v) is 4.83. The number of nitroso groups, excluding NO2 is 1. The first-order chi connectivity index (χ1) is 3.77.